The molecule has 0 N–H and O–H groups in total. The predicted octanol–water partition coefficient (Wildman–Crippen LogP) is 4.50. The average Bonchev–Trinajstić information content (AvgIpc) is 3.67. The third-order valence-electron chi connectivity index (χ3n) is 5.33. The second-order valence-corrected chi connectivity index (χ2v) is 7.61. The van der Waals surface area contributed by atoms with Gasteiger partial charge in [0.2, 0.25) is 0 Å². The molecule has 0 heterocycles. The first-order chi connectivity index (χ1) is 15.1. The molecule has 158 valence electrons. The third kappa shape index (κ3) is 5.31. The minimum Gasteiger partial charge on any atom is -0.497 e. The van der Waals surface area contributed by atoms with E-state index < -0.39 is 0 Å². The molecule has 5 nitrogen and oxygen atoms in total. The van der Waals surface area contributed by atoms with Crippen molar-refractivity contribution in [1.29, 1.82) is 0 Å². The number of ketones is 1. The van der Waals surface area contributed by atoms with E-state index in [1.54, 1.807) is 43.5 Å². The SMILES string of the molecule is COc1ccc(CN(C(=O)COc2ccc(C(=O)c3ccccc3)cc2)C2CC2)cc1. The van der Waals surface area contributed by atoms with Crippen LogP contribution in [0.1, 0.15) is 34.3 Å². The van der Waals surface area contributed by atoms with Crippen LogP contribution in [0.25, 0.3) is 0 Å². The van der Waals surface area contributed by atoms with Crippen molar-refractivity contribution >= 4 is 11.7 Å². The second-order valence-electron chi connectivity index (χ2n) is 7.61. The number of ether oxygens (including phenoxy) is 2. The number of carbonyl (C=O) groups excluding carboxylic acids is 2. The Balaban J connectivity index is 1.35. The number of amides is 1. The molecular weight excluding hydrogens is 390 g/mol. The van der Waals surface area contributed by atoms with Crippen molar-refractivity contribution in [2.45, 2.75) is 25.4 Å². The highest BCUT2D eigenvalue weighted by Gasteiger charge is 2.32. The number of rotatable bonds is 9. The Morgan fingerprint density at radius 1 is 0.839 bits per heavy atom. The molecule has 0 atom stereocenters. The molecule has 0 radical (unpaired) electrons. The second kappa shape index (κ2) is 9.47. The standard InChI is InChI=1S/C26H25NO4/c1-30-23-13-7-19(8-14-23)17-27(22-11-12-22)25(28)18-31-24-15-9-21(10-16-24)26(29)20-5-3-2-4-6-20/h2-10,13-16,22H,11-12,17-18H2,1H3. The van der Waals surface area contributed by atoms with Crippen LogP contribution in [0.3, 0.4) is 0 Å². The maximum Gasteiger partial charge on any atom is 0.261 e. The van der Waals surface area contributed by atoms with Crippen LogP contribution >= 0.6 is 0 Å². The van der Waals surface area contributed by atoms with Crippen LogP contribution < -0.4 is 9.47 Å². The van der Waals surface area contributed by atoms with Crippen molar-refractivity contribution in [1.82, 2.24) is 4.90 Å². The van der Waals surface area contributed by atoms with Gasteiger partial charge in [0.15, 0.2) is 12.4 Å². The van der Waals surface area contributed by atoms with E-state index in [-0.39, 0.29) is 24.3 Å². The quantitative estimate of drug-likeness (QED) is 0.483. The summed E-state index contributed by atoms with van der Waals surface area (Å²) in [6.07, 6.45) is 2.05. The summed E-state index contributed by atoms with van der Waals surface area (Å²) in [6, 6.07) is 24.1. The topological polar surface area (TPSA) is 55.8 Å². The van der Waals surface area contributed by atoms with Gasteiger partial charge in [-0.05, 0) is 54.8 Å². The predicted molar refractivity (Wildman–Crippen MR) is 118 cm³/mol. The largest absolute Gasteiger partial charge is 0.497 e. The van der Waals surface area contributed by atoms with Gasteiger partial charge in [0.25, 0.3) is 5.91 Å². The first-order valence-corrected chi connectivity index (χ1v) is 10.4. The third-order valence-corrected chi connectivity index (χ3v) is 5.33. The zero-order valence-corrected chi connectivity index (χ0v) is 17.5. The molecule has 5 heteroatoms. The first-order valence-electron chi connectivity index (χ1n) is 10.4. The molecule has 0 spiro atoms. The van der Waals surface area contributed by atoms with Gasteiger partial charge in [-0.1, -0.05) is 42.5 Å². The van der Waals surface area contributed by atoms with Gasteiger partial charge in [-0.25, -0.2) is 0 Å². The first kappa shape index (κ1) is 20.7. The molecule has 3 aromatic rings. The summed E-state index contributed by atoms with van der Waals surface area (Å²) in [5.41, 5.74) is 2.29. The Kier molecular flexibility index (Phi) is 6.32. The highest BCUT2D eigenvalue weighted by Crippen LogP contribution is 2.29. The minimum absolute atomic E-state index is 0.0291. The summed E-state index contributed by atoms with van der Waals surface area (Å²) in [5.74, 6) is 1.29. The summed E-state index contributed by atoms with van der Waals surface area (Å²) >= 11 is 0. The Morgan fingerprint density at radius 2 is 1.45 bits per heavy atom. The Bertz CT molecular complexity index is 1030. The molecule has 0 bridgehead atoms. The Hall–Kier alpha value is -3.60. The smallest absolute Gasteiger partial charge is 0.261 e. The summed E-state index contributed by atoms with van der Waals surface area (Å²) in [7, 11) is 1.64. The van der Waals surface area contributed by atoms with E-state index in [1.165, 1.54) is 0 Å². The van der Waals surface area contributed by atoms with Crippen molar-refractivity contribution in [3.05, 3.63) is 95.6 Å². The molecule has 1 aliphatic rings. The average molecular weight is 415 g/mol. The molecular formula is C26H25NO4. The van der Waals surface area contributed by atoms with Crippen molar-refractivity contribution in [2.75, 3.05) is 13.7 Å². The highest BCUT2D eigenvalue weighted by molar-refractivity contribution is 6.08. The minimum atomic E-state index is -0.0392. The molecule has 1 saturated carbocycles. The molecule has 0 unspecified atom stereocenters. The van der Waals surface area contributed by atoms with Crippen LogP contribution in [0.5, 0.6) is 11.5 Å². The van der Waals surface area contributed by atoms with E-state index in [4.69, 9.17) is 9.47 Å². The molecule has 0 aromatic heterocycles. The molecule has 1 aliphatic carbocycles. The van der Waals surface area contributed by atoms with Crippen molar-refractivity contribution in [3.8, 4) is 11.5 Å². The van der Waals surface area contributed by atoms with Crippen LogP contribution in [0.2, 0.25) is 0 Å². The van der Waals surface area contributed by atoms with E-state index in [0.717, 1.165) is 24.2 Å². The molecule has 1 fully saturated rings. The van der Waals surface area contributed by atoms with Gasteiger partial charge in [-0.2, -0.15) is 0 Å². The van der Waals surface area contributed by atoms with Crippen LogP contribution in [-0.4, -0.2) is 36.3 Å². The van der Waals surface area contributed by atoms with Gasteiger partial charge in [0.1, 0.15) is 11.5 Å². The fraction of sp³-hybridized carbons (Fsp3) is 0.231. The molecule has 1 amide bonds. The number of nitrogens with zero attached hydrogens (tertiary/aromatic N) is 1. The van der Waals surface area contributed by atoms with E-state index in [2.05, 4.69) is 0 Å². The van der Waals surface area contributed by atoms with Crippen LogP contribution in [0.15, 0.2) is 78.9 Å². The maximum absolute atomic E-state index is 12.8. The lowest BCUT2D eigenvalue weighted by atomic mass is 10.0. The monoisotopic (exact) mass is 415 g/mol. The number of methoxy groups -OCH3 is 1. The van der Waals surface area contributed by atoms with Crippen molar-refractivity contribution in [3.63, 3.8) is 0 Å². The molecule has 4 rings (SSSR count). The lowest BCUT2D eigenvalue weighted by Gasteiger charge is -2.23. The summed E-state index contributed by atoms with van der Waals surface area (Å²) < 4.78 is 10.9. The zero-order chi connectivity index (χ0) is 21.6. The van der Waals surface area contributed by atoms with Gasteiger partial charge in [0.05, 0.1) is 7.11 Å². The number of benzene rings is 3. The van der Waals surface area contributed by atoms with Crippen LogP contribution in [0, 0.1) is 0 Å². The van der Waals surface area contributed by atoms with Gasteiger partial charge in [-0.3, -0.25) is 9.59 Å². The van der Waals surface area contributed by atoms with Crippen molar-refractivity contribution in [2.24, 2.45) is 0 Å². The molecule has 0 aliphatic heterocycles. The molecule has 0 saturated heterocycles. The lowest BCUT2D eigenvalue weighted by Crippen LogP contribution is -2.36. The fourth-order valence-electron chi connectivity index (χ4n) is 3.42. The number of carbonyl (C=O) groups is 2. The summed E-state index contributed by atoms with van der Waals surface area (Å²) in [6.45, 7) is 0.528. The van der Waals surface area contributed by atoms with Gasteiger partial charge < -0.3 is 14.4 Å². The van der Waals surface area contributed by atoms with Crippen LogP contribution in [-0.2, 0) is 11.3 Å². The number of hydrogen-bond acceptors (Lipinski definition) is 4. The van der Waals surface area contributed by atoms with Gasteiger partial charge >= 0.3 is 0 Å². The lowest BCUT2D eigenvalue weighted by molar-refractivity contribution is -0.134. The van der Waals surface area contributed by atoms with E-state index in [0.29, 0.717) is 23.4 Å². The van der Waals surface area contributed by atoms with Crippen molar-refractivity contribution < 1.29 is 19.1 Å². The maximum atomic E-state index is 12.8. The molecule has 31 heavy (non-hydrogen) atoms. The Morgan fingerprint density at radius 3 is 2.06 bits per heavy atom. The summed E-state index contributed by atoms with van der Waals surface area (Å²) in [4.78, 5) is 27.2. The molecule has 3 aromatic carbocycles. The zero-order valence-electron chi connectivity index (χ0n) is 17.5. The van der Waals surface area contributed by atoms with E-state index in [1.807, 2.05) is 47.4 Å². The van der Waals surface area contributed by atoms with Crippen LogP contribution in [0.4, 0.5) is 0 Å². The van der Waals surface area contributed by atoms with E-state index in [9.17, 15) is 9.59 Å². The highest BCUT2D eigenvalue weighted by atomic mass is 16.5. The Labute approximate surface area is 182 Å². The van der Waals surface area contributed by atoms with Gasteiger partial charge in [0, 0.05) is 23.7 Å². The number of hydrogen-bond donors (Lipinski definition) is 0. The normalized spacial score (nSPS) is 12.8. The van der Waals surface area contributed by atoms with Gasteiger partial charge in [-0.15, -0.1) is 0 Å². The van der Waals surface area contributed by atoms with E-state index >= 15 is 0 Å². The fourth-order valence-corrected chi connectivity index (χ4v) is 3.42. The summed E-state index contributed by atoms with van der Waals surface area (Å²) in [5, 5.41) is 0.